The van der Waals surface area contributed by atoms with Crippen LogP contribution in [0.2, 0.25) is 0 Å². The fourth-order valence-electron chi connectivity index (χ4n) is 2.12. The number of nitrogens with zero attached hydrogens (tertiary/aromatic N) is 2. The van der Waals surface area contributed by atoms with Gasteiger partial charge >= 0.3 is 12.0 Å². The molecule has 0 aliphatic carbocycles. The van der Waals surface area contributed by atoms with Crippen molar-refractivity contribution in [3.8, 4) is 0 Å². The van der Waals surface area contributed by atoms with Crippen molar-refractivity contribution in [1.29, 1.82) is 0 Å². The van der Waals surface area contributed by atoms with Crippen LogP contribution in [0.4, 0.5) is 4.79 Å². The van der Waals surface area contributed by atoms with Crippen LogP contribution in [-0.4, -0.2) is 56.1 Å². The summed E-state index contributed by atoms with van der Waals surface area (Å²) >= 11 is 1.55. The lowest BCUT2D eigenvalue weighted by molar-refractivity contribution is -0.141. The summed E-state index contributed by atoms with van der Waals surface area (Å²) < 4.78 is 0. The minimum absolute atomic E-state index is 0.235. The van der Waals surface area contributed by atoms with Crippen molar-refractivity contribution in [3.05, 3.63) is 18.2 Å². The van der Waals surface area contributed by atoms with Crippen LogP contribution in [0.5, 0.6) is 0 Å². The molecule has 0 radical (unpaired) electrons. The number of rotatable bonds is 4. The van der Waals surface area contributed by atoms with Gasteiger partial charge in [0.15, 0.2) is 0 Å². The van der Waals surface area contributed by atoms with E-state index >= 15 is 0 Å². The Morgan fingerprint density at radius 1 is 1.70 bits per heavy atom. The third kappa shape index (κ3) is 3.24. The van der Waals surface area contributed by atoms with Crippen LogP contribution < -0.4 is 5.32 Å². The van der Waals surface area contributed by atoms with Crippen molar-refractivity contribution in [3.63, 3.8) is 0 Å². The maximum absolute atomic E-state index is 12.3. The van der Waals surface area contributed by atoms with Gasteiger partial charge in [0.2, 0.25) is 0 Å². The molecule has 20 heavy (non-hydrogen) atoms. The normalized spacial score (nSPS) is 20.4. The fraction of sp³-hybridized carbons (Fsp3) is 0.583. The van der Waals surface area contributed by atoms with E-state index in [-0.39, 0.29) is 12.1 Å². The number of carboxylic acid groups (broad SMARTS) is 1. The Hall–Kier alpha value is -1.70. The highest BCUT2D eigenvalue weighted by atomic mass is 32.2. The summed E-state index contributed by atoms with van der Waals surface area (Å²) in [5.41, 5.74) is 0. The standard InChI is InChI=1S/C12H18N4O3S/c1-2-8(10-13-3-4-14-10)15-12(19)16-5-6-20-7-9(16)11(17)18/h3-4,8-9H,2,5-7H2,1H3,(H,13,14)(H,15,19)(H,17,18). The van der Waals surface area contributed by atoms with E-state index in [1.807, 2.05) is 6.92 Å². The third-order valence-corrected chi connectivity index (χ3v) is 4.25. The maximum Gasteiger partial charge on any atom is 0.327 e. The summed E-state index contributed by atoms with van der Waals surface area (Å²) in [5.74, 6) is 0.909. The van der Waals surface area contributed by atoms with Gasteiger partial charge in [0.25, 0.3) is 0 Å². The second-order valence-electron chi connectivity index (χ2n) is 4.51. The van der Waals surface area contributed by atoms with Gasteiger partial charge in [-0.25, -0.2) is 14.6 Å². The van der Waals surface area contributed by atoms with Gasteiger partial charge in [-0.3, -0.25) is 0 Å². The van der Waals surface area contributed by atoms with Crippen LogP contribution in [0.15, 0.2) is 12.4 Å². The molecule has 8 heteroatoms. The van der Waals surface area contributed by atoms with Crippen molar-refractivity contribution in [2.24, 2.45) is 0 Å². The zero-order valence-corrected chi connectivity index (χ0v) is 12.0. The molecule has 110 valence electrons. The lowest BCUT2D eigenvalue weighted by atomic mass is 10.2. The van der Waals surface area contributed by atoms with Gasteiger partial charge in [-0.1, -0.05) is 6.92 Å². The molecule has 0 spiro atoms. The van der Waals surface area contributed by atoms with Crippen molar-refractivity contribution in [2.75, 3.05) is 18.1 Å². The molecule has 1 aromatic heterocycles. The fourth-order valence-corrected chi connectivity index (χ4v) is 3.15. The Bertz CT molecular complexity index is 465. The second kappa shape index (κ2) is 6.65. The first kappa shape index (κ1) is 14.7. The average molecular weight is 298 g/mol. The first-order chi connectivity index (χ1) is 9.63. The molecule has 2 heterocycles. The van der Waals surface area contributed by atoms with Gasteiger partial charge in [0, 0.05) is 30.4 Å². The number of aliphatic carboxylic acids is 1. The molecule has 1 aliphatic rings. The van der Waals surface area contributed by atoms with Gasteiger partial charge in [-0.15, -0.1) is 0 Å². The number of carbonyl (C=O) groups is 2. The number of aromatic amines is 1. The molecule has 0 aromatic carbocycles. The molecule has 1 saturated heterocycles. The van der Waals surface area contributed by atoms with E-state index in [1.165, 1.54) is 4.90 Å². The van der Waals surface area contributed by atoms with Gasteiger partial charge in [0.05, 0.1) is 6.04 Å². The topological polar surface area (TPSA) is 98.3 Å². The van der Waals surface area contributed by atoms with Crippen LogP contribution in [-0.2, 0) is 4.79 Å². The molecular weight excluding hydrogens is 280 g/mol. The molecule has 2 atom stereocenters. The monoisotopic (exact) mass is 298 g/mol. The highest BCUT2D eigenvalue weighted by molar-refractivity contribution is 7.99. The molecule has 7 nitrogen and oxygen atoms in total. The highest BCUT2D eigenvalue weighted by Crippen LogP contribution is 2.18. The largest absolute Gasteiger partial charge is 0.480 e. The van der Waals surface area contributed by atoms with Crippen molar-refractivity contribution in [2.45, 2.75) is 25.4 Å². The SMILES string of the molecule is CCC(NC(=O)N1CCSCC1C(=O)O)c1ncc[nH]1. The third-order valence-electron chi connectivity index (χ3n) is 3.23. The number of carboxylic acids is 1. The van der Waals surface area contributed by atoms with Crippen LogP contribution in [0.3, 0.4) is 0 Å². The quantitative estimate of drug-likeness (QED) is 0.772. The number of thioether (sulfide) groups is 1. The van der Waals surface area contributed by atoms with Gasteiger partial charge in [0.1, 0.15) is 11.9 Å². The van der Waals surface area contributed by atoms with Crippen molar-refractivity contribution in [1.82, 2.24) is 20.2 Å². The van der Waals surface area contributed by atoms with Gasteiger partial charge in [-0.2, -0.15) is 11.8 Å². The van der Waals surface area contributed by atoms with E-state index in [9.17, 15) is 14.7 Å². The smallest absolute Gasteiger partial charge is 0.327 e. The number of imidazole rings is 1. The second-order valence-corrected chi connectivity index (χ2v) is 5.66. The average Bonchev–Trinajstić information content (AvgIpc) is 2.98. The number of carbonyl (C=O) groups excluding carboxylic acids is 1. The van der Waals surface area contributed by atoms with Gasteiger partial charge < -0.3 is 20.3 Å². The summed E-state index contributed by atoms with van der Waals surface area (Å²) in [6, 6.07) is -1.34. The Morgan fingerprint density at radius 3 is 3.10 bits per heavy atom. The number of amides is 2. The van der Waals surface area contributed by atoms with Crippen molar-refractivity contribution >= 4 is 23.8 Å². The van der Waals surface area contributed by atoms with Crippen molar-refractivity contribution < 1.29 is 14.7 Å². The number of hydrogen-bond donors (Lipinski definition) is 3. The summed E-state index contributed by atoms with van der Waals surface area (Å²) in [5, 5.41) is 12.0. The zero-order chi connectivity index (χ0) is 14.5. The molecule has 2 amide bonds. The lowest BCUT2D eigenvalue weighted by Crippen LogP contribution is -2.54. The molecule has 1 fully saturated rings. The highest BCUT2D eigenvalue weighted by Gasteiger charge is 2.33. The van der Waals surface area contributed by atoms with Crippen LogP contribution in [0.25, 0.3) is 0 Å². The Kier molecular flexibility index (Phi) is 4.89. The molecule has 3 N–H and O–H groups in total. The predicted octanol–water partition coefficient (Wildman–Crippen LogP) is 1.07. The van der Waals surface area contributed by atoms with E-state index < -0.39 is 12.0 Å². The minimum Gasteiger partial charge on any atom is -0.480 e. The number of aromatic nitrogens is 2. The van der Waals surface area contributed by atoms with E-state index in [1.54, 1.807) is 24.2 Å². The lowest BCUT2D eigenvalue weighted by Gasteiger charge is -2.33. The first-order valence-corrected chi connectivity index (χ1v) is 7.66. The van der Waals surface area contributed by atoms with Crippen LogP contribution >= 0.6 is 11.8 Å². The van der Waals surface area contributed by atoms with Gasteiger partial charge in [-0.05, 0) is 6.42 Å². The predicted molar refractivity (Wildman–Crippen MR) is 75.6 cm³/mol. The Labute approximate surface area is 121 Å². The summed E-state index contributed by atoms with van der Waals surface area (Å²) in [6.45, 7) is 2.39. The molecule has 0 bridgehead atoms. The maximum atomic E-state index is 12.3. The molecule has 2 unspecified atom stereocenters. The Balaban J connectivity index is 2.04. The summed E-state index contributed by atoms with van der Waals surface area (Å²) in [4.78, 5) is 32.0. The van der Waals surface area contributed by atoms with E-state index in [4.69, 9.17) is 0 Å². The Morgan fingerprint density at radius 2 is 2.50 bits per heavy atom. The molecule has 0 saturated carbocycles. The van der Waals surface area contributed by atoms with Crippen LogP contribution in [0.1, 0.15) is 25.2 Å². The summed E-state index contributed by atoms with van der Waals surface area (Å²) in [6.07, 6.45) is 4.00. The number of urea groups is 1. The van der Waals surface area contributed by atoms with E-state index in [0.717, 1.165) is 5.75 Å². The zero-order valence-electron chi connectivity index (χ0n) is 11.2. The van der Waals surface area contributed by atoms with E-state index in [0.29, 0.717) is 24.5 Å². The minimum atomic E-state index is -0.960. The van der Waals surface area contributed by atoms with Crippen LogP contribution in [0, 0.1) is 0 Å². The first-order valence-electron chi connectivity index (χ1n) is 6.50. The molecule has 1 aromatic rings. The summed E-state index contributed by atoms with van der Waals surface area (Å²) in [7, 11) is 0. The molecule has 2 rings (SSSR count). The number of H-pyrrole nitrogens is 1. The number of nitrogens with one attached hydrogen (secondary N) is 2. The molecule has 1 aliphatic heterocycles. The number of hydrogen-bond acceptors (Lipinski definition) is 4. The van der Waals surface area contributed by atoms with E-state index in [2.05, 4.69) is 15.3 Å². The molecular formula is C12H18N4O3S.